The number of carboxylic acid groups (broad SMARTS) is 1. The fourth-order valence-electron chi connectivity index (χ4n) is 6.06. The Balaban J connectivity index is 1.21. The van der Waals surface area contributed by atoms with Crippen molar-refractivity contribution in [3.8, 4) is 5.75 Å². The summed E-state index contributed by atoms with van der Waals surface area (Å²) >= 11 is 0. The number of benzene rings is 2. The Hall–Kier alpha value is -2.07. The number of hydrogen-bond donors (Lipinski definition) is 2. The van der Waals surface area contributed by atoms with Crippen LogP contribution < -0.4 is 10.1 Å². The maximum absolute atomic E-state index is 11.7. The van der Waals surface area contributed by atoms with E-state index in [1.54, 1.807) is 0 Å². The Morgan fingerprint density at radius 3 is 2.29 bits per heavy atom. The highest BCUT2D eigenvalue weighted by molar-refractivity contribution is 5.84. The molecule has 4 saturated carbocycles. The number of aliphatic carboxylic acids is 1. The van der Waals surface area contributed by atoms with Gasteiger partial charge in [-0.25, -0.2) is 0 Å². The van der Waals surface area contributed by atoms with Crippen molar-refractivity contribution < 1.29 is 14.6 Å². The van der Waals surface area contributed by atoms with E-state index in [4.69, 9.17) is 4.74 Å². The summed E-state index contributed by atoms with van der Waals surface area (Å²) in [5.41, 5.74) is 0.973. The van der Waals surface area contributed by atoms with Gasteiger partial charge in [0.1, 0.15) is 5.75 Å². The highest BCUT2D eigenvalue weighted by Gasteiger charge is 2.52. The first-order chi connectivity index (χ1) is 15.0. The lowest BCUT2D eigenvalue weighted by Crippen LogP contribution is -2.56. The molecule has 0 spiro atoms. The van der Waals surface area contributed by atoms with Gasteiger partial charge in [-0.1, -0.05) is 25.1 Å². The van der Waals surface area contributed by atoms with E-state index in [-0.39, 0.29) is 5.54 Å². The maximum atomic E-state index is 11.7. The van der Waals surface area contributed by atoms with Crippen molar-refractivity contribution in [1.29, 1.82) is 0 Å². The van der Waals surface area contributed by atoms with Crippen molar-refractivity contribution in [2.24, 2.45) is 11.3 Å². The van der Waals surface area contributed by atoms with E-state index < -0.39 is 11.4 Å². The van der Waals surface area contributed by atoms with Gasteiger partial charge in [-0.2, -0.15) is 0 Å². The molecule has 4 nitrogen and oxygen atoms in total. The molecule has 2 aromatic rings. The Labute approximate surface area is 185 Å². The third kappa shape index (κ3) is 4.19. The first-order valence-electron chi connectivity index (χ1n) is 12.1. The van der Waals surface area contributed by atoms with Crippen LogP contribution in [0.1, 0.15) is 76.7 Å². The lowest BCUT2D eigenvalue weighted by atomic mass is 9.57. The Kier molecular flexibility index (Phi) is 5.45. The predicted octanol–water partition coefficient (Wildman–Crippen LogP) is 6.06. The van der Waals surface area contributed by atoms with Crippen LogP contribution in [0.25, 0.3) is 10.8 Å². The molecular weight excluding hydrogens is 386 g/mol. The van der Waals surface area contributed by atoms with Crippen LogP contribution in [0.2, 0.25) is 0 Å². The summed E-state index contributed by atoms with van der Waals surface area (Å²) in [5.74, 6) is 1.24. The number of ether oxygens (including phenoxy) is 1. The van der Waals surface area contributed by atoms with E-state index in [0.717, 1.165) is 56.7 Å². The van der Waals surface area contributed by atoms with Crippen LogP contribution in [0.5, 0.6) is 5.75 Å². The van der Waals surface area contributed by atoms with Gasteiger partial charge < -0.3 is 15.2 Å². The zero-order chi connectivity index (χ0) is 21.5. The summed E-state index contributed by atoms with van der Waals surface area (Å²) in [6.45, 7) is 3.18. The number of rotatable bonds is 6. The van der Waals surface area contributed by atoms with Crippen LogP contribution >= 0.6 is 0 Å². The van der Waals surface area contributed by atoms with Gasteiger partial charge in [0.2, 0.25) is 0 Å². The van der Waals surface area contributed by atoms with Crippen LogP contribution in [0, 0.1) is 11.3 Å². The molecule has 31 heavy (non-hydrogen) atoms. The molecule has 166 valence electrons. The van der Waals surface area contributed by atoms with Crippen molar-refractivity contribution in [2.75, 3.05) is 0 Å². The Morgan fingerprint density at radius 2 is 1.61 bits per heavy atom. The van der Waals surface area contributed by atoms with Gasteiger partial charge in [0, 0.05) is 12.1 Å². The molecule has 4 heteroatoms. The van der Waals surface area contributed by atoms with E-state index in [1.807, 2.05) is 0 Å². The second-order valence-corrected chi connectivity index (χ2v) is 10.6. The van der Waals surface area contributed by atoms with Gasteiger partial charge in [0.25, 0.3) is 0 Å². The van der Waals surface area contributed by atoms with Gasteiger partial charge in [0.15, 0.2) is 0 Å². The van der Waals surface area contributed by atoms with Gasteiger partial charge in [-0.3, -0.25) is 4.79 Å². The molecule has 4 fully saturated rings. The number of carbonyl (C=O) groups is 1. The summed E-state index contributed by atoms with van der Waals surface area (Å²) in [5, 5.41) is 15.9. The van der Waals surface area contributed by atoms with E-state index in [2.05, 4.69) is 48.6 Å². The molecule has 2 N–H and O–H groups in total. The zero-order valence-corrected chi connectivity index (χ0v) is 18.7. The van der Waals surface area contributed by atoms with Crippen molar-refractivity contribution in [2.45, 2.75) is 89.3 Å². The highest BCUT2D eigenvalue weighted by atomic mass is 16.5. The lowest BCUT2D eigenvalue weighted by molar-refractivity contribution is -0.156. The fourth-order valence-corrected chi connectivity index (χ4v) is 6.06. The van der Waals surface area contributed by atoms with Crippen molar-refractivity contribution in [1.82, 2.24) is 5.32 Å². The maximum Gasteiger partial charge on any atom is 0.309 e. The quantitative estimate of drug-likeness (QED) is 0.595. The van der Waals surface area contributed by atoms with E-state index in [9.17, 15) is 9.90 Å². The second-order valence-electron chi connectivity index (χ2n) is 10.6. The van der Waals surface area contributed by atoms with Crippen LogP contribution in [-0.4, -0.2) is 22.7 Å². The Bertz CT molecular complexity index is 936. The Morgan fingerprint density at radius 1 is 0.968 bits per heavy atom. The number of hydrogen-bond acceptors (Lipinski definition) is 3. The standard InChI is InChI=1S/C27H35NO3/c1-19-2-7-23(8-3-19)31-24-9-6-21-16-20(4-5-22(21)17-24)18-28-27-13-10-26(11-14-27,12-15-27)25(29)30/h4-6,9,16-17,19,23,28H,2-3,7-8,10-15,18H2,1H3,(H,29,30). The smallest absolute Gasteiger partial charge is 0.309 e. The van der Waals surface area contributed by atoms with E-state index >= 15 is 0 Å². The number of nitrogens with one attached hydrogen (secondary N) is 1. The molecule has 2 aromatic carbocycles. The van der Waals surface area contributed by atoms with E-state index in [1.165, 1.54) is 42.0 Å². The number of fused-ring (bicyclic) bond motifs is 4. The summed E-state index contributed by atoms with van der Waals surface area (Å²) in [6, 6.07) is 13.2. The van der Waals surface area contributed by atoms with Gasteiger partial charge in [-0.05, 0) is 105 Å². The monoisotopic (exact) mass is 421 g/mol. The average molecular weight is 422 g/mol. The first kappa shape index (κ1) is 20.8. The van der Waals surface area contributed by atoms with Crippen molar-refractivity contribution >= 4 is 16.7 Å². The average Bonchev–Trinajstić information content (AvgIpc) is 2.80. The summed E-state index contributed by atoms with van der Waals surface area (Å²) in [7, 11) is 0. The second kappa shape index (κ2) is 8.12. The van der Waals surface area contributed by atoms with Crippen LogP contribution in [0.3, 0.4) is 0 Å². The molecule has 0 aliphatic heterocycles. The summed E-state index contributed by atoms with van der Waals surface area (Å²) in [6.07, 6.45) is 10.6. The molecule has 0 saturated heterocycles. The predicted molar refractivity (Wildman–Crippen MR) is 123 cm³/mol. The van der Waals surface area contributed by atoms with Gasteiger partial charge >= 0.3 is 5.97 Å². The molecule has 0 aromatic heterocycles. The third-order valence-electron chi connectivity index (χ3n) is 8.51. The molecule has 0 radical (unpaired) electrons. The van der Waals surface area contributed by atoms with Crippen LogP contribution in [-0.2, 0) is 11.3 Å². The van der Waals surface area contributed by atoms with Crippen molar-refractivity contribution in [3.05, 3.63) is 42.0 Å². The van der Waals surface area contributed by atoms with E-state index in [0.29, 0.717) is 6.10 Å². The summed E-state index contributed by atoms with van der Waals surface area (Å²) < 4.78 is 6.27. The fraction of sp³-hybridized carbons (Fsp3) is 0.593. The molecule has 0 amide bonds. The lowest BCUT2D eigenvalue weighted by Gasteiger charge is -2.51. The minimum atomic E-state index is -0.586. The molecule has 0 atom stereocenters. The SMILES string of the molecule is CC1CCC(Oc2ccc3cc(CNC45CCC(C(=O)O)(CC4)CC5)ccc3c2)CC1. The third-order valence-corrected chi connectivity index (χ3v) is 8.51. The normalized spacial score (nSPS) is 32.8. The number of carboxylic acids is 1. The molecular formula is C27H35NO3. The van der Waals surface area contributed by atoms with Crippen LogP contribution in [0.15, 0.2) is 36.4 Å². The highest BCUT2D eigenvalue weighted by Crippen LogP contribution is 2.52. The van der Waals surface area contributed by atoms with Crippen molar-refractivity contribution in [3.63, 3.8) is 0 Å². The zero-order valence-electron chi connectivity index (χ0n) is 18.7. The topological polar surface area (TPSA) is 58.6 Å². The van der Waals surface area contributed by atoms with Crippen LogP contribution in [0.4, 0.5) is 0 Å². The molecule has 4 aliphatic rings. The summed E-state index contributed by atoms with van der Waals surface area (Å²) in [4.78, 5) is 11.7. The minimum Gasteiger partial charge on any atom is -0.490 e. The van der Waals surface area contributed by atoms with Gasteiger partial charge in [-0.15, -0.1) is 0 Å². The molecule has 0 unspecified atom stereocenters. The first-order valence-corrected chi connectivity index (χ1v) is 12.1. The molecule has 0 heterocycles. The molecule has 2 bridgehead atoms. The molecule has 6 rings (SSSR count). The largest absolute Gasteiger partial charge is 0.490 e. The molecule has 4 aliphatic carbocycles. The minimum absolute atomic E-state index is 0.126. The van der Waals surface area contributed by atoms with Gasteiger partial charge in [0.05, 0.1) is 11.5 Å².